The first kappa shape index (κ1) is 18.6. The van der Waals surface area contributed by atoms with Gasteiger partial charge in [-0.1, -0.05) is 46.3 Å². The minimum Gasteiger partial charge on any atom is -0.468 e. The van der Waals surface area contributed by atoms with E-state index in [1.807, 2.05) is 31.2 Å². The molecule has 0 saturated heterocycles. The maximum Gasteiger partial charge on any atom is 0.321 e. The molecule has 2 rings (SSSR count). The van der Waals surface area contributed by atoms with Crippen LogP contribution in [0.5, 0.6) is 0 Å². The maximum atomic E-state index is 12.9. The number of aryl methyl sites for hydroxylation is 1. The Bertz CT molecular complexity index is 836. The lowest BCUT2D eigenvalue weighted by Crippen LogP contribution is -2.36. The molecule has 128 valence electrons. The quantitative estimate of drug-likeness (QED) is 0.684. The van der Waals surface area contributed by atoms with Crippen LogP contribution in [-0.4, -0.2) is 32.3 Å². The molecule has 0 heterocycles. The maximum absolute atomic E-state index is 12.9. The van der Waals surface area contributed by atoms with Crippen molar-refractivity contribution in [3.8, 4) is 0 Å². The van der Waals surface area contributed by atoms with Crippen LogP contribution in [0.3, 0.4) is 0 Å². The van der Waals surface area contributed by atoms with Crippen molar-refractivity contribution < 1.29 is 17.9 Å². The summed E-state index contributed by atoms with van der Waals surface area (Å²) in [4.78, 5) is 11.8. The van der Waals surface area contributed by atoms with E-state index in [-0.39, 0.29) is 18.0 Å². The van der Waals surface area contributed by atoms with Crippen LogP contribution in [0.25, 0.3) is 0 Å². The Kier molecular flexibility index (Phi) is 6.15. The lowest BCUT2D eigenvalue weighted by molar-refractivity contribution is -0.140. The summed E-state index contributed by atoms with van der Waals surface area (Å²) in [6, 6.07) is 13.9. The molecule has 0 saturated carbocycles. The van der Waals surface area contributed by atoms with Crippen LogP contribution in [0.1, 0.15) is 11.1 Å². The van der Waals surface area contributed by atoms with Gasteiger partial charge in [-0.3, -0.25) is 4.79 Å². The van der Waals surface area contributed by atoms with E-state index >= 15 is 0 Å². The third kappa shape index (κ3) is 4.43. The summed E-state index contributed by atoms with van der Waals surface area (Å²) in [6.07, 6.45) is 0. The lowest BCUT2D eigenvalue weighted by Gasteiger charge is -2.22. The third-order valence-electron chi connectivity index (χ3n) is 3.57. The molecule has 0 unspecified atom stereocenters. The summed E-state index contributed by atoms with van der Waals surface area (Å²) in [7, 11) is -2.61. The van der Waals surface area contributed by atoms with Crippen LogP contribution in [0, 0.1) is 6.92 Å². The van der Waals surface area contributed by atoms with Gasteiger partial charge in [0.25, 0.3) is 0 Å². The van der Waals surface area contributed by atoms with Crippen molar-refractivity contribution in [2.24, 2.45) is 0 Å². The number of hydrogen-bond acceptors (Lipinski definition) is 4. The van der Waals surface area contributed by atoms with Crippen molar-refractivity contribution in [2.45, 2.75) is 18.4 Å². The molecular formula is C17H18BrNO4S. The Labute approximate surface area is 150 Å². The zero-order chi connectivity index (χ0) is 17.7. The predicted octanol–water partition coefficient (Wildman–Crippen LogP) is 3.12. The first-order valence-corrected chi connectivity index (χ1v) is 9.45. The Morgan fingerprint density at radius 1 is 1.17 bits per heavy atom. The highest BCUT2D eigenvalue weighted by molar-refractivity contribution is 9.10. The molecule has 0 amide bonds. The number of hydrogen-bond donors (Lipinski definition) is 0. The lowest BCUT2D eigenvalue weighted by atomic mass is 10.1. The number of halogens is 1. The predicted molar refractivity (Wildman–Crippen MR) is 94.9 cm³/mol. The summed E-state index contributed by atoms with van der Waals surface area (Å²) in [6.45, 7) is 1.65. The number of rotatable bonds is 6. The standard InChI is InChI=1S/C17H18BrNO4S/c1-13-6-3-4-7-14(13)11-19(12-17(20)23-2)24(21,22)16-9-5-8-15(18)10-16/h3-10H,11-12H2,1-2H3. The summed E-state index contributed by atoms with van der Waals surface area (Å²) < 4.78 is 32.3. The Morgan fingerprint density at radius 3 is 2.50 bits per heavy atom. The van der Waals surface area contributed by atoms with Gasteiger partial charge in [0.2, 0.25) is 10.0 Å². The van der Waals surface area contributed by atoms with E-state index in [2.05, 4.69) is 20.7 Å². The first-order chi connectivity index (χ1) is 11.3. The van der Waals surface area contributed by atoms with Crippen molar-refractivity contribution in [1.82, 2.24) is 4.31 Å². The number of carbonyl (C=O) groups is 1. The van der Waals surface area contributed by atoms with Crippen LogP contribution < -0.4 is 0 Å². The van der Waals surface area contributed by atoms with E-state index in [4.69, 9.17) is 0 Å². The van der Waals surface area contributed by atoms with Crippen molar-refractivity contribution in [3.05, 3.63) is 64.1 Å². The van der Waals surface area contributed by atoms with Gasteiger partial charge in [-0.2, -0.15) is 4.31 Å². The number of esters is 1. The third-order valence-corrected chi connectivity index (χ3v) is 5.86. The first-order valence-electron chi connectivity index (χ1n) is 7.21. The molecule has 7 heteroatoms. The van der Waals surface area contributed by atoms with Gasteiger partial charge < -0.3 is 4.74 Å². The van der Waals surface area contributed by atoms with Gasteiger partial charge >= 0.3 is 5.97 Å². The molecule has 2 aromatic carbocycles. The zero-order valence-corrected chi connectivity index (χ0v) is 15.8. The van der Waals surface area contributed by atoms with Gasteiger partial charge in [-0.15, -0.1) is 0 Å². The minimum absolute atomic E-state index is 0.0939. The Balaban J connectivity index is 2.42. The smallest absolute Gasteiger partial charge is 0.321 e. The van der Waals surface area contributed by atoms with Gasteiger partial charge in [0, 0.05) is 11.0 Å². The highest BCUT2D eigenvalue weighted by Gasteiger charge is 2.27. The molecule has 0 atom stereocenters. The second-order valence-electron chi connectivity index (χ2n) is 5.23. The number of sulfonamides is 1. The van der Waals surface area contributed by atoms with Crippen LogP contribution in [0.4, 0.5) is 0 Å². The monoisotopic (exact) mass is 411 g/mol. The summed E-state index contributed by atoms with van der Waals surface area (Å²) in [5.41, 5.74) is 1.79. The van der Waals surface area contributed by atoms with Gasteiger partial charge in [0.15, 0.2) is 0 Å². The number of benzene rings is 2. The van der Waals surface area contributed by atoms with E-state index in [1.54, 1.807) is 12.1 Å². The second kappa shape index (κ2) is 7.92. The molecule has 0 bridgehead atoms. The van der Waals surface area contributed by atoms with Gasteiger partial charge in [-0.05, 0) is 36.2 Å². The average molecular weight is 412 g/mol. The summed E-state index contributed by atoms with van der Waals surface area (Å²) >= 11 is 3.27. The molecule has 0 N–H and O–H groups in total. The molecule has 0 aliphatic heterocycles. The van der Waals surface area contributed by atoms with Crippen LogP contribution in [0.2, 0.25) is 0 Å². The minimum atomic E-state index is -3.84. The molecule has 0 aliphatic carbocycles. The second-order valence-corrected chi connectivity index (χ2v) is 8.09. The fraction of sp³-hybridized carbons (Fsp3) is 0.235. The van der Waals surface area contributed by atoms with Gasteiger partial charge in [0.1, 0.15) is 6.54 Å². The molecule has 0 aliphatic rings. The number of nitrogens with zero attached hydrogens (tertiary/aromatic N) is 1. The number of carbonyl (C=O) groups excluding carboxylic acids is 1. The average Bonchev–Trinajstić information content (AvgIpc) is 2.56. The normalized spacial score (nSPS) is 11.5. The highest BCUT2D eigenvalue weighted by atomic mass is 79.9. The van der Waals surface area contributed by atoms with Crippen molar-refractivity contribution in [1.29, 1.82) is 0 Å². The molecule has 2 aromatic rings. The van der Waals surface area contributed by atoms with Crippen molar-refractivity contribution >= 4 is 31.9 Å². The van der Waals surface area contributed by atoms with Crippen LogP contribution in [0.15, 0.2) is 57.9 Å². The van der Waals surface area contributed by atoms with E-state index < -0.39 is 16.0 Å². The summed E-state index contributed by atoms with van der Waals surface area (Å²) in [5.74, 6) is -0.609. The fourth-order valence-corrected chi connectivity index (χ4v) is 4.15. The number of ether oxygens (including phenoxy) is 1. The molecule has 0 spiro atoms. The molecule has 0 fully saturated rings. The van der Waals surface area contributed by atoms with Crippen molar-refractivity contribution in [2.75, 3.05) is 13.7 Å². The number of methoxy groups -OCH3 is 1. The Hall–Kier alpha value is -1.70. The molecular weight excluding hydrogens is 394 g/mol. The van der Waals surface area contributed by atoms with E-state index in [1.165, 1.54) is 19.2 Å². The van der Waals surface area contributed by atoms with Crippen molar-refractivity contribution in [3.63, 3.8) is 0 Å². The Morgan fingerprint density at radius 2 is 1.88 bits per heavy atom. The largest absolute Gasteiger partial charge is 0.468 e. The van der Waals surface area contributed by atoms with E-state index in [0.717, 1.165) is 15.4 Å². The van der Waals surface area contributed by atoms with E-state index in [0.29, 0.717) is 4.47 Å². The highest BCUT2D eigenvalue weighted by Crippen LogP contribution is 2.22. The van der Waals surface area contributed by atoms with Crippen LogP contribution in [-0.2, 0) is 26.1 Å². The molecule has 0 radical (unpaired) electrons. The zero-order valence-electron chi connectivity index (χ0n) is 13.4. The molecule has 5 nitrogen and oxygen atoms in total. The van der Waals surface area contributed by atoms with Gasteiger partial charge in [-0.25, -0.2) is 8.42 Å². The van der Waals surface area contributed by atoms with Crippen LogP contribution >= 0.6 is 15.9 Å². The molecule has 24 heavy (non-hydrogen) atoms. The van der Waals surface area contributed by atoms with E-state index in [9.17, 15) is 13.2 Å². The fourth-order valence-electron chi connectivity index (χ4n) is 2.19. The van der Waals surface area contributed by atoms with Gasteiger partial charge in [0.05, 0.1) is 12.0 Å². The molecule has 0 aromatic heterocycles. The SMILES string of the molecule is COC(=O)CN(Cc1ccccc1C)S(=O)(=O)c1cccc(Br)c1. The topological polar surface area (TPSA) is 63.7 Å². The summed E-state index contributed by atoms with van der Waals surface area (Å²) in [5, 5.41) is 0.